The Kier molecular flexibility index (Phi) is 5.12. The van der Waals surface area contributed by atoms with Crippen molar-refractivity contribution < 1.29 is 24.3 Å². The van der Waals surface area contributed by atoms with E-state index in [2.05, 4.69) is 16.0 Å². The van der Waals surface area contributed by atoms with Gasteiger partial charge in [0, 0.05) is 12.1 Å². The Bertz CT molecular complexity index is 937. The lowest BCUT2D eigenvalue weighted by molar-refractivity contribution is -0.123. The van der Waals surface area contributed by atoms with Crippen molar-refractivity contribution in [2.75, 3.05) is 6.54 Å². The van der Waals surface area contributed by atoms with Gasteiger partial charge in [0.05, 0.1) is 5.56 Å². The molecule has 144 valence electrons. The van der Waals surface area contributed by atoms with E-state index in [1.807, 2.05) is 0 Å². The number of hydrogen-bond donors (Lipinski definition) is 4. The highest BCUT2D eigenvalue weighted by Gasteiger charge is 2.43. The number of aromatic carboxylic acids is 1. The molecule has 0 aromatic heterocycles. The molecule has 0 aliphatic carbocycles. The fourth-order valence-corrected chi connectivity index (χ4v) is 2.94. The Balaban J connectivity index is 1.57. The Morgan fingerprint density at radius 1 is 1.00 bits per heavy atom. The van der Waals surface area contributed by atoms with E-state index in [1.165, 1.54) is 12.1 Å². The number of carbonyl (C=O) groups excluding carboxylic acids is 3. The van der Waals surface area contributed by atoms with E-state index in [1.54, 1.807) is 43.3 Å². The Labute approximate surface area is 160 Å². The topological polar surface area (TPSA) is 125 Å². The van der Waals surface area contributed by atoms with Gasteiger partial charge in [0.2, 0.25) is 0 Å². The van der Waals surface area contributed by atoms with Crippen LogP contribution >= 0.6 is 0 Å². The standard InChI is InChI=1S/C20H19N3O5/c1-20(18(27)22-19(28)23-20)15-8-6-13(7-9-15)16(24)21-11-10-12-2-4-14(5-3-12)17(25)26/h2-9H,10-11H2,1H3,(H,21,24)(H,25,26)(H2,22,23,27,28). The average Bonchev–Trinajstić information content (AvgIpc) is 2.95. The van der Waals surface area contributed by atoms with Crippen LogP contribution in [0, 0.1) is 0 Å². The minimum atomic E-state index is -1.16. The monoisotopic (exact) mass is 381 g/mol. The zero-order valence-electron chi connectivity index (χ0n) is 15.1. The number of nitrogens with one attached hydrogen (secondary N) is 3. The molecule has 28 heavy (non-hydrogen) atoms. The van der Waals surface area contributed by atoms with Crippen LogP contribution in [0.3, 0.4) is 0 Å². The molecule has 4 amide bonds. The van der Waals surface area contributed by atoms with Crippen LogP contribution in [0.5, 0.6) is 0 Å². The summed E-state index contributed by atoms with van der Waals surface area (Å²) in [6, 6.07) is 12.4. The van der Waals surface area contributed by atoms with Crippen LogP contribution in [0.4, 0.5) is 4.79 Å². The summed E-state index contributed by atoms with van der Waals surface area (Å²) in [7, 11) is 0. The van der Waals surface area contributed by atoms with Crippen LogP contribution in [-0.2, 0) is 16.8 Å². The first-order chi connectivity index (χ1) is 13.3. The largest absolute Gasteiger partial charge is 0.478 e. The van der Waals surface area contributed by atoms with Gasteiger partial charge in [-0.05, 0) is 48.7 Å². The first-order valence-electron chi connectivity index (χ1n) is 8.64. The fourth-order valence-electron chi connectivity index (χ4n) is 2.94. The molecule has 0 saturated carbocycles. The van der Waals surface area contributed by atoms with Crippen molar-refractivity contribution in [2.24, 2.45) is 0 Å². The summed E-state index contributed by atoms with van der Waals surface area (Å²) >= 11 is 0. The lowest BCUT2D eigenvalue weighted by Crippen LogP contribution is -2.40. The van der Waals surface area contributed by atoms with Crippen molar-refractivity contribution >= 4 is 23.8 Å². The highest BCUT2D eigenvalue weighted by molar-refractivity contribution is 6.07. The van der Waals surface area contributed by atoms with Gasteiger partial charge in [-0.1, -0.05) is 24.3 Å². The van der Waals surface area contributed by atoms with E-state index in [0.29, 0.717) is 24.1 Å². The number of carboxylic acid groups (broad SMARTS) is 1. The molecule has 3 rings (SSSR count). The number of carbonyl (C=O) groups is 4. The van der Waals surface area contributed by atoms with Gasteiger partial charge in [-0.2, -0.15) is 0 Å². The second-order valence-electron chi connectivity index (χ2n) is 6.62. The smallest absolute Gasteiger partial charge is 0.335 e. The highest BCUT2D eigenvalue weighted by Crippen LogP contribution is 2.24. The molecule has 8 nitrogen and oxygen atoms in total. The molecule has 1 heterocycles. The summed E-state index contributed by atoms with van der Waals surface area (Å²) < 4.78 is 0. The second kappa shape index (κ2) is 7.51. The normalized spacial score (nSPS) is 18.3. The van der Waals surface area contributed by atoms with Crippen molar-refractivity contribution in [3.05, 3.63) is 70.8 Å². The van der Waals surface area contributed by atoms with Crippen LogP contribution < -0.4 is 16.0 Å². The highest BCUT2D eigenvalue weighted by atomic mass is 16.4. The molecule has 1 aliphatic heterocycles. The third kappa shape index (κ3) is 3.85. The van der Waals surface area contributed by atoms with Gasteiger partial charge in [-0.25, -0.2) is 9.59 Å². The molecule has 1 unspecified atom stereocenters. The summed E-state index contributed by atoms with van der Waals surface area (Å²) in [4.78, 5) is 46.4. The van der Waals surface area contributed by atoms with Gasteiger partial charge in [0.1, 0.15) is 5.54 Å². The molecular formula is C20H19N3O5. The molecule has 0 bridgehead atoms. The number of carboxylic acids is 1. The van der Waals surface area contributed by atoms with Gasteiger partial charge >= 0.3 is 12.0 Å². The van der Waals surface area contributed by atoms with Crippen LogP contribution in [0.15, 0.2) is 48.5 Å². The molecule has 4 N–H and O–H groups in total. The van der Waals surface area contributed by atoms with Crippen molar-refractivity contribution in [3.8, 4) is 0 Å². The van der Waals surface area contributed by atoms with Crippen molar-refractivity contribution in [2.45, 2.75) is 18.9 Å². The zero-order chi connectivity index (χ0) is 20.3. The molecule has 1 atom stereocenters. The number of hydrogen-bond acceptors (Lipinski definition) is 4. The average molecular weight is 381 g/mol. The Morgan fingerprint density at radius 2 is 1.61 bits per heavy atom. The third-order valence-electron chi connectivity index (χ3n) is 4.67. The fraction of sp³-hybridized carbons (Fsp3) is 0.200. The Morgan fingerprint density at radius 3 is 2.14 bits per heavy atom. The summed E-state index contributed by atoms with van der Waals surface area (Å²) in [5, 5.41) is 16.4. The van der Waals surface area contributed by atoms with Crippen molar-refractivity contribution in [3.63, 3.8) is 0 Å². The van der Waals surface area contributed by atoms with E-state index in [0.717, 1.165) is 5.56 Å². The lowest BCUT2D eigenvalue weighted by Gasteiger charge is -2.21. The maximum atomic E-state index is 12.3. The number of rotatable bonds is 6. The molecule has 8 heteroatoms. The Hall–Kier alpha value is -3.68. The SMILES string of the molecule is CC1(c2ccc(C(=O)NCCc3ccc(C(=O)O)cc3)cc2)NC(=O)NC1=O. The molecule has 1 fully saturated rings. The van der Waals surface area contributed by atoms with E-state index in [9.17, 15) is 19.2 Å². The van der Waals surface area contributed by atoms with Gasteiger partial charge in [-0.15, -0.1) is 0 Å². The summed E-state index contributed by atoms with van der Waals surface area (Å²) in [5.41, 5.74) is 0.975. The predicted octanol–water partition coefficient (Wildman–Crippen LogP) is 1.41. The van der Waals surface area contributed by atoms with Crippen molar-refractivity contribution in [1.82, 2.24) is 16.0 Å². The first kappa shape index (κ1) is 19.1. The van der Waals surface area contributed by atoms with E-state index in [-0.39, 0.29) is 11.5 Å². The molecule has 2 aromatic carbocycles. The van der Waals surface area contributed by atoms with Gasteiger partial charge in [0.25, 0.3) is 11.8 Å². The van der Waals surface area contributed by atoms with Crippen molar-refractivity contribution in [1.29, 1.82) is 0 Å². The first-order valence-corrected chi connectivity index (χ1v) is 8.64. The summed E-state index contributed by atoms with van der Waals surface area (Å²) in [6.45, 7) is 1.99. The lowest BCUT2D eigenvalue weighted by atomic mass is 9.91. The quantitative estimate of drug-likeness (QED) is 0.563. The van der Waals surface area contributed by atoms with E-state index >= 15 is 0 Å². The van der Waals surface area contributed by atoms with Crippen LogP contribution in [-0.4, -0.2) is 35.5 Å². The summed E-state index contributed by atoms with van der Waals surface area (Å²) in [6.07, 6.45) is 0.563. The number of imide groups is 1. The number of amides is 4. The maximum absolute atomic E-state index is 12.3. The number of urea groups is 1. The van der Waals surface area contributed by atoms with Crippen LogP contribution in [0.1, 0.15) is 38.8 Å². The third-order valence-corrected chi connectivity index (χ3v) is 4.67. The van der Waals surface area contributed by atoms with Crippen LogP contribution in [0.2, 0.25) is 0 Å². The van der Waals surface area contributed by atoms with E-state index < -0.39 is 23.4 Å². The minimum Gasteiger partial charge on any atom is -0.478 e. The molecule has 1 saturated heterocycles. The van der Waals surface area contributed by atoms with E-state index in [4.69, 9.17) is 5.11 Å². The zero-order valence-corrected chi connectivity index (χ0v) is 15.1. The number of benzene rings is 2. The molecule has 1 aliphatic rings. The van der Waals surface area contributed by atoms with Crippen LogP contribution in [0.25, 0.3) is 0 Å². The predicted molar refractivity (Wildman–Crippen MR) is 99.9 cm³/mol. The molecular weight excluding hydrogens is 362 g/mol. The van der Waals surface area contributed by atoms with Gasteiger partial charge < -0.3 is 15.7 Å². The minimum absolute atomic E-state index is 0.216. The maximum Gasteiger partial charge on any atom is 0.335 e. The second-order valence-corrected chi connectivity index (χ2v) is 6.62. The molecule has 2 aromatic rings. The van der Waals surface area contributed by atoms with Gasteiger partial charge in [0.15, 0.2) is 0 Å². The summed E-state index contributed by atoms with van der Waals surface area (Å²) in [5.74, 6) is -1.69. The molecule has 0 spiro atoms. The molecule has 0 radical (unpaired) electrons. The van der Waals surface area contributed by atoms with Gasteiger partial charge in [-0.3, -0.25) is 14.9 Å².